The van der Waals surface area contributed by atoms with Crippen LogP contribution in [0.4, 0.5) is 0 Å². The van der Waals surface area contributed by atoms with E-state index in [2.05, 4.69) is 20.8 Å². The van der Waals surface area contributed by atoms with Crippen LogP contribution in [0.15, 0.2) is 18.2 Å². The molecule has 0 saturated heterocycles. The Kier molecular flexibility index (Phi) is 4.82. The molecule has 0 bridgehead atoms. The summed E-state index contributed by atoms with van der Waals surface area (Å²) < 4.78 is 11.8. The number of hydrogen-bond acceptors (Lipinski definition) is 3. The van der Waals surface area contributed by atoms with Crippen molar-refractivity contribution in [2.75, 3.05) is 7.11 Å². The van der Waals surface area contributed by atoms with Gasteiger partial charge >= 0.3 is 0 Å². The average molecular weight is 291 g/mol. The Morgan fingerprint density at radius 1 is 1.24 bits per heavy atom. The predicted molar refractivity (Wildman–Crippen MR) is 86.8 cm³/mol. The van der Waals surface area contributed by atoms with E-state index in [9.17, 15) is 0 Å². The molecule has 1 aromatic rings. The van der Waals surface area contributed by atoms with Gasteiger partial charge in [0.2, 0.25) is 0 Å². The van der Waals surface area contributed by atoms with Gasteiger partial charge in [-0.15, -0.1) is 0 Å². The van der Waals surface area contributed by atoms with Gasteiger partial charge in [-0.25, -0.2) is 0 Å². The van der Waals surface area contributed by atoms with E-state index < -0.39 is 0 Å². The normalized spacial score (nSPS) is 26.2. The number of nitrogens with two attached hydrogens (primary N) is 1. The van der Waals surface area contributed by atoms with Crippen LogP contribution < -0.4 is 15.2 Å². The van der Waals surface area contributed by atoms with E-state index in [1.807, 2.05) is 25.1 Å². The molecule has 3 heteroatoms. The molecule has 0 spiro atoms. The molecule has 118 valence electrons. The van der Waals surface area contributed by atoms with Gasteiger partial charge in [-0.3, -0.25) is 0 Å². The highest BCUT2D eigenvalue weighted by Crippen LogP contribution is 2.41. The van der Waals surface area contributed by atoms with Gasteiger partial charge < -0.3 is 15.2 Å². The molecular formula is C18H29NO2. The molecule has 1 fully saturated rings. The van der Waals surface area contributed by atoms with Crippen LogP contribution >= 0.6 is 0 Å². The highest BCUT2D eigenvalue weighted by Gasteiger charge is 2.33. The first-order valence-corrected chi connectivity index (χ1v) is 7.91. The SMILES string of the molecule is COc1cccc(OC2CC(C)CC(C)(C)C2)c1[C@@H](C)N. The Labute approximate surface area is 128 Å². The lowest BCUT2D eigenvalue weighted by molar-refractivity contribution is 0.0552. The standard InChI is InChI=1S/C18H29NO2/c1-12-9-14(11-18(3,4)10-12)21-16-8-6-7-15(20-5)17(16)13(2)19/h6-8,12-14H,9-11,19H2,1-5H3/t12?,13-,14?/m1/s1. The Morgan fingerprint density at radius 3 is 2.48 bits per heavy atom. The predicted octanol–water partition coefficient (Wildman–Crippen LogP) is 4.31. The fourth-order valence-corrected chi connectivity index (χ4v) is 3.78. The fourth-order valence-electron chi connectivity index (χ4n) is 3.78. The zero-order valence-electron chi connectivity index (χ0n) is 14.0. The van der Waals surface area contributed by atoms with Crippen LogP contribution in [0.2, 0.25) is 0 Å². The van der Waals surface area contributed by atoms with E-state index in [4.69, 9.17) is 15.2 Å². The van der Waals surface area contributed by atoms with Crippen LogP contribution in [0.5, 0.6) is 11.5 Å². The maximum Gasteiger partial charge on any atom is 0.128 e. The van der Waals surface area contributed by atoms with Crippen molar-refractivity contribution in [3.05, 3.63) is 23.8 Å². The lowest BCUT2D eigenvalue weighted by Gasteiger charge is -2.39. The zero-order valence-corrected chi connectivity index (χ0v) is 14.0. The monoisotopic (exact) mass is 291 g/mol. The second-order valence-corrected chi connectivity index (χ2v) is 7.31. The number of rotatable bonds is 4. The lowest BCUT2D eigenvalue weighted by atomic mass is 9.71. The zero-order chi connectivity index (χ0) is 15.6. The van der Waals surface area contributed by atoms with Crippen LogP contribution in [0, 0.1) is 11.3 Å². The Bertz CT molecular complexity index is 482. The summed E-state index contributed by atoms with van der Waals surface area (Å²) in [6.45, 7) is 8.95. The molecule has 3 nitrogen and oxygen atoms in total. The minimum atomic E-state index is -0.106. The van der Waals surface area contributed by atoms with Crippen molar-refractivity contribution in [3.63, 3.8) is 0 Å². The molecular weight excluding hydrogens is 262 g/mol. The Morgan fingerprint density at radius 2 is 1.90 bits per heavy atom. The molecule has 0 aliphatic heterocycles. The van der Waals surface area contributed by atoms with Crippen molar-refractivity contribution in [1.82, 2.24) is 0 Å². The van der Waals surface area contributed by atoms with Gasteiger partial charge in [-0.05, 0) is 49.7 Å². The first-order chi connectivity index (χ1) is 9.82. The van der Waals surface area contributed by atoms with Crippen LogP contribution in [-0.4, -0.2) is 13.2 Å². The second-order valence-electron chi connectivity index (χ2n) is 7.31. The van der Waals surface area contributed by atoms with Gasteiger partial charge in [0.25, 0.3) is 0 Å². The smallest absolute Gasteiger partial charge is 0.128 e. The third kappa shape index (κ3) is 3.91. The highest BCUT2D eigenvalue weighted by molar-refractivity contribution is 5.46. The summed E-state index contributed by atoms with van der Waals surface area (Å²) in [5.74, 6) is 2.38. The van der Waals surface area contributed by atoms with Crippen LogP contribution in [0.3, 0.4) is 0 Å². The summed E-state index contributed by atoms with van der Waals surface area (Å²) in [5.41, 5.74) is 7.43. The van der Waals surface area contributed by atoms with Gasteiger partial charge in [0.1, 0.15) is 11.5 Å². The summed E-state index contributed by atoms with van der Waals surface area (Å²) in [6.07, 6.45) is 3.73. The maximum atomic E-state index is 6.34. The maximum absolute atomic E-state index is 6.34. The highest BCUT2D eigenvalue weighted by atomic mass is 16.5. The summed E-state index contributed by atoms with van der Waals surface area (Å²) >= 11 is 0. The van der Waals surface area contributed by atoms with Crippen molar-refractivity contribution >= 4 is 0 Å². The fraction of sp³-hybridized carbons (Fsp3) is 0.667. The topological polar surface area (TPSA) is 44.5 Å². The molecule has 1 saturated carbocycles. The van der Waals surface area contributed by atoms with Crippen molar-refractivity contribution in [2.24, 2.45) is 17.1 Å². The van der Waals surface area contributed by atoms with Crippen LogP contribution in [0.1, 0.15) is 58.6 Å². The second kappa shape index (κ2) is 6.27. The summed E-state index contributed by atoms with van der Waals surface area (Å²) in [6, 6.07) is 5.81. The molecule has 0 aromatic heterocycles. The Balaban J connectivity index is 2.23. The largest absolute Gasteiger partial charge is 0.496 e. The molecule has 0 amide bonds. The average Bonchev–Trinajstić information content (AvgIpc) is 2.35. The van der Waals surface area contributed by atoms with Gasteiger partial charge in [0.15, 0.2) is 0 Å². The molecule has 0 radical (unpaired) electrons. The third-order valence-corrected chi connectivity index (χ3v) is 4.34. The van der Waals surface area contributed by atoms with Crippen LogP contribution in [0.25, 0.3) is 0 Å². The summed E-state index contributed by atoms with van der Waals surface area (Å²) in [5, 5.41) is 0. The van der Waals surface area contributed by atoms with Crippen molar-refractivity contribution in [1.29, 1.82) is 0 Å². The van der Waals surface area contributed by atoms with E-state index in [0.717, 1.165) is 29.9 Å². The lowest BCUT2D eigenvalue weighted by Crippen LogP contribution is -2.34. The molecule has 0 heterocycles. The van der Waals surface area contributed by atoms with E-state index in [0.29, 0.717) is 11.3 Å². The minimum absolute atomic E-state index is 0.106. The Hall–Kier alpha value is -1.22. The minimum Gasteiger partial charge on any atom is -0.496 e. The molecule has 21 heavy (non-hydrogen) atoms. The molecule has 1 aliphatic rings. The van der Waals surface area contributed by atoms with Gasteiger partial charge in [-0.1, -0.05) is 26.8 Å². The molecule has 2 unspecified atom stereocenters. The van der Waals surface area contributed by atoms with E-state index in [1.165, 1.54) is 6.42 Å². The summed E-state index contributed by atoms with van der Waals surface area (Å²) in [4.78, 5) is 0. The van der Waals surface area contributed by atoms with Gasteiger partial charge in [-0.2, -0.15) is 0 Å². The number of methoxy groups -OCH3 is 1. The third-order valence-electron chi connectivity index (χ3n) is 4.34. The first-order valence-electron chi connectivity index (χ1n) is 7.91. The van der Waals surface area contributed by atoms with Crippen molar-refractivity contribution < 1.29 is 9.47 Å². The quantitative estimate of drug-likeness (QED) is 0.899. The first kappa shape index (κ1) is 16.2. The molecule has 3 atom stereocenters. The molecule has 2 N–H and O–H groups in total. The van der Waals surface area contributed by atoms with E-state index in [-0.39, 0.29) is 12.1 Å². The number of benzene rings is 1. The van der Waals surface area contributed by atoms with E-state index in [1.54, 1.807) is 7.11 Å². The van der Waals surface area contributed by atoms with Gasteiger partial charge in [0, 0.05) is 6.04 Å². The van der Waals surface area contributed by atoms with E-state index >= 15 is 0 Å². The van der Waals surface area contributed by atoms with Gasteiger partial charge in [0.05, 0.1) is 18.8 Å². The number of ether oxygens (including phenoxy) is 2. The molecule has 2 rings (SSSR count). The van der Waals surface area contributed by atoms with Crippen LogP contribution in [-0.2, 0) is 0 Å². The van der Waals surface area contributed by atoms with Crippen molar-refractivity contribution in [2.45, 2.75) is 59.1 Å². The molecule has 1 aliphatic carbocycles. The van der Waals surface area contributed by atoms with Crippen molar-refractivity contribution in [3.8, 4) is 11.5 Å². The summed E-state index contributed by atoms with van der Waals surface area (Å²) in [7, 11) is 1.68. The molecule has 1 aromatic carbocycles. The number of hydrogen-bond donors (Lipinski definition) is 1.